The standard InChI is InChI=1S/C17H19NO/c19-12-15-7-3-4-8-17(15)18-16-10-9-13-5-1-2-6-14(13)11-16/h1-8,16,18-19H,9-12H2. The zero-order valence-electron chi connectivity index (χ0n) is 11.0. The second-order valence-electron chi connectivity index (χ2n) is 5.17. The maximum absolute atomic E-state index is 9.37. The van der Waals surface area contributed by atoms with Gasteiger partial charge in [-0.3, -0.25) is 0 Å². The molecule has 1 atom stereocenters. The molecule has 3 rings (SSSR count). The fourth-order valence-corrected chi connectivity index (χ4v) is 2.84. The topological polar surface area (TPSA) is 32.3 Å². The largest absolute Gasteiger partial charge is 0.392 e. The summed E-state index contributed by atoms with van der Waals surface area (Å²) in [5.74, 6) is 0. The van der Waals surface area contributed by atoms with Crippen LogP contribution in [-0.4, -0.2) is 11.1 Å². The van der Waals surface area contributed by atoms with Gasteiger partial charge >= 0.3 is 0 Å². The average Bonchev–Trinajstić information content (AvgIpc) is 2.48. The Labute approximate surface area is 114 Å². The molecule has 2 heteroatoms. The normalized spacial score (nSPS) is 17.8. The predicted molar refractivity (Wildman–Crippen MR) is 78.2 cm³/mol. The fraction of sp³-hybridized carbons (Fsp3) is 0.294. The monoisotopic (exact) mass is 253 g/mol. The highest BCUT2D eigenvalue weighted by molar-refractivity contribution is 5.52. The fourth-order valence-electron chi connectivity index (χ4n) is 2.84. The minimum absolute atomic E-state index is 0.0898. The summed E-state index contributed by atoms with van der Waals surface area (Å²) in [6, 6.07) is 17.1. The molecule has 0 amide bonds. The quantitative estimate of drug-likeness (QED) is 0.880. The molecule has 0 saturated heterocycles. The van der Waals surface area contributed by atoms with Crippen molar-refractivity contribution in [3.63, 3.8) is 0 Å². The molecule has 2 N–H and O–H groups in total. The minimum Gasteiger partial charge on any atom is -0.392 e. The molecular weight excluding hydrogens is 234 g/mol. The van der Waals surface area contributed by atoms with Crippen molar-refractivity contribution in [2.45, 2.75) is 31.9 Å². The Balaban J connectivity index is 1.75. The molecule has 0 spiro atoms. The van der Waals surface area contributed by atoms with E-state index in [0.717, 1.165) is 30.5 Å². The lowest BCUT2D eigenvalue weighted by Gasteiger charge is -2.27. The molecule has 0 heterocycles. The summed E-state index contributed by atoms with van der Waals surface area (Å²) in [5, 5.41) is 12.9. The number of para-hydroxylation sites is 1. The van der Waals surface area contributed by atoms with Crippen LogP contribution in [0.3, 0.4) is 0 Å². The molecule has 0 aromatic heterocycles. The van der Waals surface area contributed by atoms with Gasteiger partial charge in [-0.2, -0.15) is 0 Å². The Bertz CT molecular complexity index is 565. The maximum atomic E-state index is 9.37. The average molecular weight is 253 g/mol. The zero-order valence-corrected chi connectivity index (χ0v) is 11.0. The van der Waals surface area contributed by atoms with Crippen LogP contribution in [-0.2, 0) is 19.4 Å². The van der Waals surface area contributed by atoms with Crippen molar-refractivity contribution in [2.75, 3.05) is 5.32 Å². The third-order valence-corrected chi connectivity index (χ3v) is 3.89. The van der Waals surface area contributed by atoms with E-state index in [2.05, 4.69) is 29.6 Å². The first-order valence-corrected chi connectivity index (χ1v) is 6.89. The van der Waals surface area contributed by atoms with Gasteiger partial charge in [0.05, 0.1) is 6.61 Å². The predicted octanol–water partition coefficient (Wildman–Crippen LogP) is 3.15. The van der Waals surface area contributed by atoms with E-state index in [-0.39, 0.29) is 6.61 Å². The SMILES string of the molecule is OCc1ccccc1NC1CCc2ccccc2C1. The molecule has 0 aliphatic heterocycles. The number of aliphatic hydroxyl groups excluding tert-OH is 1. The Morgan fingerprint density at radius 1 is 1.00 bits per heavy atom. The molecular formula is C17H19NO. The number of fused-ring (bicyclic) bond motifs is 1. The molecule has 2 aromatic rings. The van der Waals surface area contributed by atoms with Crippen molar-refractivity contribution >= 4 is 5.69 Å². The molecule has 0 bridgehead atoms. The number of hydrogen-bond donors (Lipinski definition) is 2. The van der Waals surface area contributed by atoms with E-state index >= 15 is 0 Å². The van der Waals surface area contributed by atoms with Gasteiger partial charge in [-0.1, -0.05) is 42.5 Å². The van der Waals surface area contributed by atoms with Crippen molar-refractivity contribution in [3.8, 4) is 0 Å². The van der Waals surface area contributed by atoms with Crippen LogP contribution >= 0.6 is 0 Å². The lowest BCUT2D eigenvalue weighted by Crippen LogP contribution is -2.27. The van der Waals surface area contributed by atoms with Gasteiger partial charge in [0, 0.05) is 17.3 Å². The molecule has 19 heavy (non-hydrogen) atoms. The first kappa shape index (κ1) is 12.2. The Morgan fingerprint density at radius 2 is 1.74 bits per heavy atom. The summed E-state index contributed by atoms with van der Waals surface area (Å²) in [6.07, 6.45) is 3.35. The summed E-state index contributed by atoms with van der Waals surface area (Å²) < 4.78 is 0. The highest BCUT2D eigenvalue weighted by Crippen LogP contribution is 2.25. The molecule has 2 nitrogen and oxygen atoms in total. The summed E-state index contributed by atoms with van der Waals surface area (Å²) in [5.41, 5.74) is 4.97. The molecule has 0 saturated carbocycles. The highest BCUT2D eigenvalue weighted by atomic mass is 16.3. The number of rotatable bonds is 3. The number of hydrogen-bond acceptors (Lipinski definition) is 2. The van der Waals surface area contributed by atoms with Crippen LogP contribution < -0.4 is 5.32 Å². The number of aryl methyl sites for hydroxylation is 1. The van der Waals surface area contributed by atoms with Gasteiger partial charge < -0.3 is 10.4 Å². The molecule has 1 aliphatic rings. The van der Waals surface area contributed by atoms with E-state index in [0.29, 0.717) is 6.04 Å². The van der Waals surface area contributed by atoms with Crippen LogP contribution in [0.5, 0.6) is 0 Å². The van der Waals surface area contributed by atoms with Crippen molar-refractivity contribution < 1.29 is 5.11 Å². The minimum atomic E-state index is 0.0898. The first-order chi connectivity index (χ1) is 9.36. The summed E-state index contributed by atoms with van der Waals surface area (Å²) in [4.78, 5) is 0. The van der Waals surface area contributed by atoms with Crippen LogP contribution in [0.25, 0.3) is 0 Å². The maximum Gasteiger partial charge on any atom is 0.0701 e. The molecule has 2 aromatic carbocycles. The van der Waals surface area contributed by atoms with E-state index < -0.39 is 0 Å². The lowest BCUT2D eigenvalue weighted by molar-refractivity contribution is 0.282. The van der Waals surface area contributed by atoms with E-state index in [9.17, 15) is 5.11 Å². The number of aliphatic hydroxyl groups is 1. The van der Waals surface area contributed by atoms with Crippen LogP contribution in [0, 0.1) is 0 Å². The van der Waals surface area contributed by atoms with E-state index in [1.807, 2.05) is 24.3 Å². The van der Waals surface area contributed by atoms with Crippen molar-refractivity contribution in [2.24, 2.45) is 0 Å². The Morgan fingerprint density at radius 3 is 2.58 bits per heavy atom. The Hall–Kier alpha value is -1.80. The van der Waals surface area contributed by atoms with E-state index in [1.165, 1.54) is 11.1 Å². The third-order valence-electron chi connectivity index (χ3n) is 3.89. The Kier molecular flexibility index (Phi) is 3.51. The van der Waals surface area contributed by atoms with Crippen LogP contribution in [0.15, 0.2) is 48.5 Å². The molecule has 1 unspecified atom stereocenters. The summed E-state index contributed by atoms with van der Waals surface area (Å²) in [6.45, 7) is 0.0898. The van der Waals surface area contributed by atoms with Gasteiger partial charge in [0.1, 0.15) is 0 Å². The second-order valence-corrected chi connectivity index (χ2v) is 5.17. The number of anilines is 1. The van der Waals surface area contributed by atoms with Gasteiger partial charge in [0.25, 0.3) is 0 Å². The lowest BCUT2D eigenvalue weighted by atomic mass is 9.88. The molecule has 0 fully saturated rings. The van der Waals surface area contributed by atoms with Gasteiger partial charge in [-0.05, 0) is 36.5 Å². The van der Waals surface area contributed by atoms with Crippen molar-refractivity contribution in [1.29, 1.82) is 0 Å². The van der Waals surface area contributed by atoms with E-state index in [4.69, 9.17) is 0 Å². The van der Waals surface area contributed by atoms with Gasteiger partial charge in [-0.25, -0.2) is 0 Å². The van der Waals surface area contributed by atoms with Crippen LogP contribution in [0.2, 0.25) is 0 Å². The van der Waals surface area contributed by atoms with Gasteiger partial charge in [0.2, 0.25) is 0 Å². The molecule has 98 valence electrons. The summed E-state index contributed by atoms with van der Waals surface area (Å²) in [7, 11) is 0. The smallest absolute Gasteiger partial charge is 0.0701 e. The molecule has 0 radical (unpaired) electrons. The second kappa shape index (κ2) is 5.45. The third kappa shape index (κ3) is 2.64. The molecule has 1 aliphatic carbocycles. The highest BCUT2D eigenvalue weighted by Gasteiger charge is 2.18. The van der Waals surface area contributed by atoms with E-state index in [1.54, 1.807) is 0 Å². The van der Waals surface area contributed by atoms with Gasteiger partial charge in [0.15, 0.2) is 0 Å². The number of benzene rings is 2. The van der Waals surface area contributed by atoms with Gasteiger partial charge in [-0.15, -0.1) is 0 Å². The van der Waals surface area contributed by atoms with Crippen LogP contribution in [0.4, 0.5) is 5.69 Å². The summed E-state index contributed by atoms with van der Waals surface area (Å²) >= 11 is 0. The van der Waals surface area contributed by atoms with Crippen LogP contribution in [0.1, 0.15) is 23.1 Å². The number of nitrogens with one attached hydrogen (secondary N) is 1. The first-order valence-electron chi connectivity index (χ1n) is 6.89. The zero-order chi connectivity index (χ0) is 13.1. The van der Waals surface area contributed by atoms with Crippen molar-refractivity contribution in [1.82, 2.24) is 0 Å². The van der Waals surface area contributed by atoms with Crippen molar-refractivity contribution in [3.05, 3.63) is 65.2 Å².